The van der Waals surface area contributed by atoms with Crippen LogP contribution >= 0.6 is 0 Å². The van der Waals surface area contributed by atoms with Crippen LogP contribution in [-0.2, 0) is 11.2 Å². The average molecular weight is 413 g/mol. The van der Waals surface area contributed by atoms with Crippen LogP contribution in [0, 0.1) is 32.5 Å². The molecule has 0 aliphatic carbocycles. The van der Waals surface area contributed by atoms with Gasteiger partial charge >= 0.3 is 5.97 Å². The molecule has 0 spiro atoms. The number of pyridine rings is 1. The van der Waals surface area contributed by atoms with E-state index in [0.29, 0.717) is 11.5 Å². The number of esters is 1. The van der Waals surface area contributed by atoms with Gasteiger partial charge in [-0.25, -0.2) is 14.2 Å². The maximum atomic E-state index is 13.1. The van der Waals surface area contributed by atoms with Crippen LogP contribution in [0.5, 0.6) is 0 Å². The molecule has 0 unspecified atom stereocenters. The summed E-state index contributed by atoms with van der Waals surface area (Å²) in [5.74, 6) is 0.841. The number of nitrogens with zero attached hydrogens (tertiary/aromatic N) is 2. The third kappa shape index (κ3) is 5.18. The standard InChI is InChI=1S/C25H33FN2O2/c1-16-13-17(2)23(24(29)30-25(4,5)6)18(3)21(16)14-19-9-11-28(12-10-19)22-8-7-20(26)15-27-22/h7-8,13,15,19H,9-12,14H2,1-6H3. The lowest BCUT2D eigenvalue weighted by molar-refractivity contribution is 0.00678. The van der Waals surface area contributed by atoms with Crippen molar-refractivity contribution in [3.8, 4) is 0 Å². The normalized spacial score (nSPS) is 15.4. The van der Waals surface area contributed by atoms with Crippen molar-refractivity contribution in [2.45, 2.75) is 66.4 Å². The zero-order valence-corrected chi connectivity index (χ0v) is 19.0. The lowest BCUT2D eigenvalue weighted by Gasteiger charge is -2.33. The maximum absolute atomic E-state index is 13.1. The van der Waals surface area contributed by atoms with Crippen LogP contribution in [0.2, 0.25) is 0 Å². The first-order valence-electron chi connectivity index (χ1n) is 10.7. The van der Waals surface area contributed by atoms with E-state index in [-0.39, 0.29) is 11.8 Å². The second kappa shape index (κ2) is 8.75. The minimum absolute atomic E-state index is 0.240. The number of carbonyl (C=O) groups excluding carboxylic acids is 1. The summed E-state index contributed by atoms with van der Waals surface area (Å²) in [6.45, 7) is 13.7. The van der Waals surface area contributed by atoms with Gasteiger partial charge in [-0.15, -0.1) is 0 Å². The monoisotopic (exact) mass is 412 g/mol. The molecule has 30 heavy (non-hydrogen) atoms. The van der Waals surface area contributed by atoms with Crippen LogP contribution in [0.4, 0.5) is 10.2 Å². The predicted molar refractivity (Wildman–Crippen MR) is 119 cm³/mol. The number of carbonyl (C=O) groups is 1. The molecule has 3 rings (SSSR count). The van der Waals surface area contributed by atoms with E-state index in [0.717, 1.165) is 49.3 Å². The van der Waals surface area contributed by atoms with Crippen molar-refractivity contribution in [2.75, 3.05) is 18.0 Å². The Kier molecular flexibility index (Phi) is 6.49. The van der Waals surface area contributed by atoms with E-state index in [2.05, 4.69) is 22.9 Å². The number of rotatable bonds is 4. The van der Waals surface area contributed by atoms with Crippen LogP contribution in [0.1, 0.15) is 66.2 Å². The van der Waals surface area contributed by atoms with Crippen molar-refractivity contribution < 1.29 is 13.9 Å². The summed E-state index contributed by atoms with van der Waals surface area (Å²) in [7, 11) is 0. The Hall–Kier alpha value is -2.43. The molecule has 1 aromatic heterocycles. The third-order valence-electron chi connectivity index (χ3n) is 5.88. The molecule has 2 heterocycles. The van der Waals surface area contributed by atoms with Crippen molar-refractivity contribution in [1.29, 1.82) is 0 Å². The van der Waals surface area contributed by atoms with Crippen molar-refractivity contribution in [3.05, 3.63) is 58.0 Å². The zero-order chi connectivity index (χ0) is 22.1. The highest BCUT2D eigenvalue weighted by Crippen LogP contribution is 2.30. The highest BCUT2D eigenvalue weighted by molar-refractivity contribution is 5.93. The van der Waals surface area contributed by atoms with E-state index in [9.17, 15) is 9.18 Å². The van der Waals surface area contributed by atoms with Gasteiger partial charge in [0, 0.05) is 13.1 Å². The van der Waals surface area contributed by atoms with Crippen molar-refractivity contribution >= 4 is 11.8 Å². The molecule has 1 aliphatic rings. The zero-order valence-electron chi connectivity index (χ0n) is 19.0. The minimum Gasteiger partial charge on any atom is -0.456 e. The fourth-order valence-corrected chi connectivity index (χ4v) is 4.39. The molecule has 162 valence electrons. The van der Waals surface area contributed by atoms with E-state index in [4.69, 9.17) is 4.74 Å². The Balaban J connectivity index is 1.73. The van der Waals surface area contributed by atoms with Gasteiger partial charge in [-0.1, -0.05) is 6.07 Å². The summed E-state index contributed by atoms with van der Waals surface area (Å²) in [5.41, 5.74) is 4.71. The van der Waals surface area contributed by atoms with E-state index in [1.165, 1.54) is 23.4 Å². The molecule has 1 saturated heterocycles. The van der Waals surface area contributed by atoms with Gasteiger partial charge in [0.1, 0.15) is 17.2 Å². The molecule has 5 heteroatoms. The first kappa shape index (κ1) is 22.3. The van der Waals surface area contributed by atoms with Crippen molar-refractivity contribution in [2.24, 2.45) is 5.92 Å². The fourth-order valence-electron chi connectivity index (χ4n) is 4.39. The number of hydrogen-bond donors (Lipinski definition) is 0. The minimum atomic E-state index is -0.512. The number of aromatic nitrogens is 1. The van der Waals surface area contributed by atoms with Gasteiger partial charge in [0.05, 0.1) is 11.8 Å². The molecule has 0 N–H and O–H groups in total. The predicted octanol–water partition coefficient (Wildman–Crippen LogP) is 5.56. The Labute approximate surface area is 179 Å². The van der Waals surface area contributed by atoms with Crippen LogP contribution in [0.15, 0.2) is 24.4 Å². The number of hydrogen-bond acceptors (Lipinski definition) is 4. The summed E-state index contributed by atoms with van der Waals surface area (Å²) >= 11 is 0. The summed E-state index contributed by atoms with van der Waals surface area (Å²) in [5, 5.41) is 0. The van der Waals surface area contributed by atoms with E-state index in [1.54, 1.807) is 6.07 Å². The van der Waals surface area contributed by atoms with E-state index < -0.39 is 5.60 Å². The second-order valence-corrected chi connectivity index (χ2v) is 9.46. The number of piperidine rings is 1. The number of benzene rings is 1. The number of ether oxygens (including phenoxy) is 1. The lowest BCUT2D eigenvalue weighted by Crippen LogP contribution is -2.35. The Bertz CT molecular complexity index is 908. The molecule has 2 aromatic rings. The average Bonchev–Trinajstić information content (AvgIpc) is 2.65. The largest absolute Gasteiger partial charge is 0.456 e. The van der Waals surface area contributed by atoms with Crippen molar-refractivity contribution in [3.63, 3.8) is 0 Å². The van der Waals surface area contributed by atoms with Crippen LogP contribution in [0.3, 0.4) is 0 Å². The second-order valence-electron chi connectivity index (χ2n) is 9.46. The highest BCUT2D eigenvalue weighted by atomic mass is 19.1. The van der Waals surface area contributed by atoms with Gasteiger partial charge in [0.25, 0.3) is 0 Å². The Morgan fingerprint density at radius 1 is 1.17 bits per heavy atom. The molecule has 1 fully saturated rings. The fraction of sp³-hybridized carbons (Fsp3) is 0.520. The SMILES string of the molecule is Cc1cc(C)c(C(=O)OC(C)(C)C)c(C)c1CC1CCN(c2ccc(F)cn2)CC1. The van der Waals surface area contributed by atoms with Gasteiger partial charge in [-0.05, 0) is 101 Å². The molecule has 1 aliphatic heterocycles. The smallest absolute Gasteiger partial charge is 0.339 e. The van der Waals surface area contributed by atoms with Gasteiger partial charge in [-0.2, -0.15) is 0 Å². The summed E-state index contributed by atoms with van der Waals surface area (Å²) in [6.07, 6.45) is 4.33. The third-order valence-corrected chi connectivity index (χ3v) is 5.88. The number of halogens is 1. The molecule has 0 saturated carbocycles. The number of anilines is 1. The maximum Gasteiger partial charge on any atom is 0.339 e. The lowest BCUT2D eigenvalue weighted by atomic mass is 9.84. The van der Waals surface area contributed by atoms with Crippen molar-refractivity contribution in [1.82, 2.24) is 4.98 Å². The van der Waals surface area contributed by atoms with Crippen LogP contribution in [-0.4, -0.2) is 29.6 Å². The van der Waals surface area contributed by atoms with Crippen LogP contribution in [0.25, 0.3) is 0 Å². The topological polar surface area (TPSA) is 42.4 Å². The first-order valence-corrected chi connectivity index (χ1v) is 10.7. The Morgan fingerprint density at radius 3 is 2.40 bits per heavy atom. The van der Waals surface area contributed by atoms with Gasteiger partial charge in [0.2, 0.25) is 0 Å². The van der Waals surface area contributed by atoms with Gasteiger partial charge < -0.3 is 9.64 Å². The molecule has 0 amide bonds. The Morgan fingerprint density at radius 2 is 1.83 bits per heavy atom. The first-order chi connectivity index (χ1) is 14.0. The molecule has 4 nitrogen and oxygen atoms in total. The molecular formula is C25H33FN2O2. The molecule has 0 radical (unpaired) electrons. The molecule has 0 atom stereocenters. The van der Waals surface area contributed by atoms with E-state index >= 15 is 0 Å². The molecule has 0 bridgehead atoms. The summed E-state index contributed by atoms with van der Waals surface area (Å²) in [4.78, 5) is 19.2. The highest BCUT2D eigenvalue weighted by Gasteiger charge is 2.26. The van der Waals surface area contributed by atoms with Gasteiger partial charge in [0.15, 0.2) is 0 Å². The molecule has 1 aromatic carbocycles. The molecular weight excluding hydrogens is 379 g/mol. The van der Waals surface area contributed by atoms with Crippen LogP contribution < -0.4 is 4.90 Å². The number of aryl methyl sites for hydroxylation is 2. The quantitative estimate of drug-likeness (QED) is 0.617. The summed E-state index contributed by atoms with van der Waals surface area (Å²) < 4.78 is 18.8. The summed E-state index contributed by atoms with van der Waals surface area (Å²) in [6, 6.07) is 5.32. The van der Waals surface area contributed by atoms with E-state index in [1.807, 2.05) is 34.6 Å². The van der Waals surface area contributed by atoms with Gasteiger partial charge in [-0.3, -0.25) is 0 Å².